The van der Waals surface area contributed by atoms with E-state index in [1.54, 1.807) is 12.1 Å². The van der Waals surface area contributed by atoms with Crippen molar-refractivity contribution in [2.24, 2.45) is 5.92 Å². The Labute approximate surface area is 108 Å². The van der Waals surface area contributed by atoms with Gasteiger partial charge in [0.15, 0.2) is 0 Å². The zero-order valence-corrected chi connectivity index (χ0v) is 11.2. The number of hydrogen-bond acceptors (Lipinski definition) is 1. The molecule has 0 N–H and O–H groups in total. The minimum atomic E-state index is 0.120. The van der Waals surface area contributed by atoms with Gasteiger partial charge in [-0.1, -0.05) is 18.5 Å². The molecule has 1 fully saturated rings. The number of hydrogen-bond donors (Lipinski definition) is 0. The van der Waals surface area contributed by atoms with Gasteiger partial charge in [-0.15, -0.1) is 0 Å². The van der Waals surface area contributed by atoms with Crippen LogP contribution in [0.5, 0.6) is 0 Å². The van der Waals surface area contributed by atoms with E-state index >= 15 is 0 Å². The maximum Gasteiger partial charge on any atom is 0.254 e. The van der Waals surface area contributed by atoms with Crippen LogP contribution < -0.4 is 0 Å². The second-order valence-corrected chi connectivity index (χ2v) is 5.54. The lowest BCUT2D eigenvalue weighted by Crippen LogP contribution is -2.48. The Balaban J connectivity index is 2.19. The Kier molecular flexibility index (Phi) is 3.21. The van der Waals surface area contributed by atoms with Gasteiger partial charge in [-0.3, -0.25) is 4.79 Å². The molecule has 2 nitrogen and oxygen atoms in total. The average molecular weight is 336 g/mol. The van der Waals surface area contributed by atoms with E-state index in [9.17, 15) is 4.79 Å². The summed E-state index contributed by atoms with van der Waals surface area (Å²) in [5.41, 5.74) is 0.756. The van der Waals surface area contributed by atoms with Crippen LogP contribution in [0.1, 0.15) is 17.3 Å². The molecule has 1 aromatic carbocycles. The summed E-state index contributed by atoms with van der Waals surface area (Å²) >= 11 is 7.99. The highest BCUT2D eigenvalue weighted by atomic mass is 127. The second-order valence-electron chi connectivity index (χ2n) is 3.94. The van der Waals surface area contributed by atoms with Gasteiger partial charge in [-0.05, 0) is 46.7 Å². The van der Waals surface area contributed by atoms with Crippen LogP contribution in [0.25, 0.3) is 0 Å². The van der Waals surface area contributed by atoms with Gasteiger partial charge in [0.05, 0.1) is 5.56 Å². The Bertz CT molecular complexity index is 402. The zero-order valence-electron chi connectivity index (χ0n) is 8.34. The van der Waals surface area contributed by atoms with Crippen LogP contribution >= 0.6 is 34.2 Å². The highest BCUT2D eigenvalue weighted by Crippen LogP contribution is 2.23. The Hall–Kier alpha value is -0.290. The molecule has 2 rings (SSSR count). The first kappa shape index (κ1) is 11.2. The van der Waals surface area contributed by atoms with Crippen LogP contribution in [0.4, 0.5) is 0 Å². The Morgan fingerprint density at radius 1 is 1.53 bits per heavy atom. The summed E-state index contributed by atoms with van der Waals surface area (Å²) in [6, 6.07) is 5.38. The lowest BCUT2D eigenvalue weighted by Gasteiger charge is -2.37. The third-order valence-corrected chi connectivity index (χ3v) is 3.64. The third kappa shape index (κ3) is 2.28. The molecule has 1 aromatic rings. The maximum absolute atomic E-state index is 12.0. The zero-order chi connectivity index (χ0) is 11.0. The number of benzene rings is 1. The smallest absolute Gasteiger partial charge is 0.254 e. The number of carbonyl (C=O) groups excluding carboxylic acids is 1. The van der Waals surface area contributed by atoms with Crippen molar-refractivity contribution in [2.75, 3.05) is 13.1 Å². The Morgan fingerprint density at radius 2 is 2.20 bits per heavy atom. The van der Waals surface area contributed by atoms with E-state index in [0.717, 1.165) is 22.2 Å². The van der Waals surface area contributed by atoms with Crippen molar-refractivity contribution in [1.29, 1.82) is 0 Å². The molecular weight excluding hydrogens is 324 g/mol. The topological polar surface area (TPSA) is 20.3 Å². The van der Waals surface area contributed by atoms with Crippen molar-refractivity contribution < 1.29 is 4.79 Å². The van der Waals surface area contributed by atoms with E-state index in [-0.39, 0.29) is 5.91 Å². The van der Waals surface area contributed by atoms with Gasteiger partial charge < -0.3 is 4.90 Å². The molecule has 0 aliphatic carbocycles. The van der Waals surface area contributed by atoms with Crippen molar-refractivity contribution in [3.05, 3.63) is 32.4 Å². The second kappa shape index (κ2) is 4.29. The van der Waals surface area contributed by atoms with E-state index < -0.39 is 0 Å². The summed E-state index contributed by atoms with van der Waals surface area (Å²) in [6.07, 6.45) is 0. The number of halogens is 2. The molecule has 1 heterocycles. The van der Waals surface area contributed by atoms with Crippen LogP contribution in [0.3, 0.4) is 0 Å². The minimum Gasteiger partial charge on any atom is -0.338 e. The van der Waals surface area contributed by atoms with Crippen molar-refractivity contribution in [1.82, 2.24) is 4.90 Å². The lowest BCUT2D eigenvalue weighted by molar-refractivity contribution is 0.0529. The van der Waals surface area contributed by atoms with Gasteiger partial charge in [0.25, 0.3) is 5.91 Å². The molecule has 15 heavy (non-hydrogen) atoms. The first-order valence-corrected chi connectivity index (χ1v) is 6.28. The molecule has 1 aliphatic rings. The van der Waals surface area contributed by atoms with E-state index in [4.69, 9.17) is 11.6 Å². The first-order chi connectivity index (χ1) is 7.08. The van der Waals surface area contributed by atoms with Crippen LogP contribution in [0.2, 0.25) is 5.02 Å². The van der Waals surface area contributed by atoms with Gasteiger partial charge in [0.1, 0.15) is 0 Å². The van der Waals surface area contributed by atoms with Gasteiger partial charge >= 0.3 is 0 Å². The quantitative estimate of drug-likeness (QED) is 0.723. The molecule has 0 atom stereocenters. The fourth-order valence-corrected chi connectivity index (χ4v) is 2.80. The number of nitrogens with zero attached hydrogens (tertiary/aromatic N) is 1. The van der Waals surface area contributed by atoms with Crippen molar-refractivity contribution in [3.8, 4) is 0 Å². The molecule has 1 saturated heterocycles. The predicted molar refractivity (Wildman–Crippen MR) is 69.2 cm³/mol. The SMILES string of the molecule is CC1CN(C(=O)c2ccc(Cl)cc2I)C1. The molecule has 0 radical (unpaired) electrons. The van der Waals surface area contributed by atoms with E-state index in [2.05, 4.69) is 29.5 Å². The van der Waals surface area contributed by atoms with Crippen molar-refractivity contribution in [3.63, 3.8) is 0 Å². The lowest BCUT2D eigenvalue weighted by atomic mass is 10.0. The molecule has 1 amide bonds. The Morgan fingerprint density at radius 3 is 2.73 bits per heavy atom. The van der Waals surface area contributed by atoms with Crippen LogP contribution in [-0.4, -0.2) is 23.9 Å². The van der Waals surface area contributed by atoms with Crippen molar-refractivity contribution >= 4 is 40.1 Å². The highest BCUT2D eigenvalue weighted by molar-refractivity contribution is 14.1. The van der Waals surface area contributed by atoms with E-state index in [0.29, 0.717) is 10.9 Å². The van der Waals surface area contributed by atoms with Crippen LogP contribution in [0.15, 0.2) is 18.2 Å². The standard InChI is InChI=1S/C11H11ClINO/c1-7-5-14(6-7)11(15)9-3-2-8(12)4-10(9)13/h2-4,7H,5-6H2,1H3. The molecule has 0 bridgehead atoms. The number of carbonyl (C=O) groups is 1. The van der Waals surface area contributed by atoms with Gasteiger partial charge in [0.2, 0.25) is 0 Å². The van der Waals surface area contributed by atoms with Crippen LogP contribution in [0, 0.1) is 9.49 Å². The highest BCUT2D eigenvalue weighted by Gasteiger charge is 2.28. The monoisotopic (exact) mass is 335 g/mol. The summed E-state index contributed by atoms with van der Waals surface area (Å²) in [4.78, 5) is 13.9. The fourth-order valence-electron chi connectivity index (χ4n) is 1.70. The summed E-state index contributed by atoms with van der Waals surface area (Å²) in [7, 11) is 0. The summed E-state index contributed by atoms with van der Waals surface area (Å²) in [6.45, 7) is 3.89. The van der Waals surface area contributed by atoms with Gasteiger partial charge in [-0.2, -0.15) is 0 Å². The molecule has 1 aliphatic heterocycles. The molecule has 80 valence electrons. The predicted octanol–water partition coefficient (Wildman–Crippen LogP) is 3.04. The fraction of sp³-hybridized carbons (Fsp3) is 0.364. The molecule has 0 spiro atoms. The van der Waals surface area contributed by atoms with E-state index in [1.807, 2.05) is 11.0 Å². The molecule has 4 heteroatoms. The van der Waals surface area contributed by atoms with Gasteiger partial charge in [-0.25, -0.2) is 0 Å². The minimum absolute atomic E-state index is 0.120. The maximum atomic E-state index is 12.0. The largest absolute Gasteiger partial charge is 0.338 e. The number of rotatable bonds is 1. The summed E-state index contributed by atoms with van der Waals surface area (Å²) in [5, 5.41) is 0.674. The molecule has 0 saturated carbocycles. The summed E-state index contributed by atoms with van der Waals surface area (Å²) in [5.74, 6) is 0.757. The number of likely N-dealkylation sites (tertiary alicyclic amines) is 1. The molecular formula is C11H11ClINO. The van der Waals surface area contributed by atoms with E-state index in [1.165, 1.54) is 0 Å². The third-order valence-electron chi connectivity index (χ3n) is 2.51. The normalized spacial score (nSPS) is 16.3. The van der Waals surface area contributed by atoms with Crippen LogP contribution in [-0.2, 0) is 0 Å². The van der Waals surface area contributed by atoms with Gasteiger partial charge in [0, 0.05) is 21.7 Å². The molecule has 0 aromatic heterocycles. The van der Waals surface area contributed by atoms with Crippen molar-refractivity contribution in [2.45, 2.75) is 6.92 Å². The average Bonchev–Trinajstić information content (AvgIpc) is 2.12. The molecule has 0 unspecified atom stereocenters. The summed E-state index contributed by atoms with van der Waals surface area (Å²) < 4.78 is 0.921. The number of amides is 1. The first-order valence-electron chi connectivity index (χ1n) is 4.82.